The number of carbonyl (C=O) groups is 2. The fourth-order valence-corrected chi connectivity index (χ4v) is 2.14. The number of hydrogen-bond donors (Lipinski definition) is 2. The highest BCUT2D eigenvalue weighted by Gasteiger charge is 2.24. The maximum Gasteiger partial charge on any atom is 0.408 e. The molecule has 2 N–H and O–H groups in total. The normalized spacial score (nSPS) is 12.6. The number of halogens is 3. The van der Waals surface area contributed by atoms with Gasteiger partial charge in [-0.2, -0.15) is 0 Å². The van der Waals surface area contributed by atoms with E-state index in [2.05, 4.69) is 5.32 Å². The van der Waals surface area contributed by atoms with Crippen LogP contribution >= 0.6 is 23.2 Å². The lowest BCUT2D eigenvalue weighted by Crippen LogP contribution is -2.44. The van der Waals surface area contributed by atoms with Gasteiger partial charge in [-0.15, -0.1) is 0 Å². The van der Waals surface area contributed by atoms with Crippen molar-refractivity contribution in [3.05, 3.63) is 33.6 Å². The first-order chi connectivity index (χ1) is 9.99. The number of hydrogen-bond acceptors (Lipinski definition) is 3. The van der Waals surface area contributed by atoms with E-state index in [9.17, 15) is 14.0 Å². The zero-order chi connectivity index (χ0) is 17.1. The number of alkyl carbamates (subject to hydrolysis) is 1. The first-order valence-corrected chi connectivity index (χ1v) is 7.11. The molecule has 0 unspecified atom stereocenters. The molecule has 0 saturated heterocycles. The molecule has 0 aliphatic rings. The third-order valence-corrected chi connectivity index (χ3v) is 3.02. The van der Waals surface area contributed by atoms with Crippen molar-refractivity contribution >= 4 is 35.3 Å². The van der Waals surface area contributed by atoms with Gasteiger partial charge < -0.3 is 15.2 Å². The molecule has 1 amide bonds. The van der Waals surface area contributed by atoms with Gasteiger partial charge in [0.25, 0.3) is 0 Å². The van der Waals surface area contributed by atoms with Crippen LogP contribution in [0.25, 0.3) is 0 Å². The van der Waals surface area contributed by atoms with Crippen LogP contribution in [0.2, 0.25) is 10.0 Å². The molecule has 0 heterocycles. The van der Waals surface area contributed by atoms with Gasteiger partial charge in [0.1, 0.15) is 11.6 Å². The Morgan fingerprint density at radius 1 is 1.32 bits per heavy atom. The summed E-state index contributed by atoms with van der Waals surface area (Å²) in [7, 11) is 0. The lowest BCUT2D eigenvalue weighted by atomic mass is 10.1. The van der Waals surface area contributed by atoms with Crippen LogP contribution in [0.1, 0.15) is 26.3 Å². The van der Waals surface area contributed by atoms with Crippen LogP contribution in [0.15, 0.2) is 12.1 Å². The summed E-state index contributed by atoms with van der Waals surface area (Å²) in [6.07, 6.45) is -0.979. The van der Waals surface area contributed by atoms with E-state index >= 15 is 0 Å². The first-order valence-electron chi connectivity index (χ1n) is 6.35. The molecule has 0 bridgehead atoms. The molecule has 0 saturated carbocycles. The van der Waals surface area contributed by atoms with Crippen molar-refractivity contribution in [3.8, 4) is 0 Å². The Morgan fingerprint density at radius 3 is 2.23 bits per heavy atom. The van der Waals surface area contributed by atoms with E-state index in [-0.39, 0.29) is 16.5 Å². The predicted molar refractivity (Wildman–Crippen MR) is 80.9 cm³/mol. The maximum absolute atomic E-state index is 13.3. The molecular weight excluding hydrogens is 336 g/mol. The number of ether oxygens (including phenoxy) is 1. The van der Waals surface area contributed by atoms with Crippen molar-refractivity contribution in [2.45, 2.75) is 38.8 Å². The number of amides is 1. The Morgan fingerprint density at radius 2 is 1.82 bits per heavy atom. The second-order valence-electron chi connectivity index (χ2n) is 5.61. The molecule has 1 aromatic rings. The molecule has 0 spiro atoms. The maximum atomic E-state index is 13.3. The zero-order valence-corrected chi connectivity index (χ0v) is 13.8. The molecule has 22 heavy (non-hydrogen) atoms. The molecule has 5 nitrogen and oxygen atoms in total. The van der Waals surface area contributed by atoms with Crippen molar-refractivity contribution < 1.29 is 23.8 Å². The number of rotatable bonds is 4. The third kappa shape index (κ3) is 5.69. The molecule has 8 heteroatoms. The quantitative estimate of drug-likeness (QED) is 0.811. The van der Waals surface area contributed by atoms with Crippen LogP contribution < -0.4 is 5.32 Å². The topological polar surface area (TPSA) is 75.6 Å². The fourth-order valence-electron chi connectivity index (χ4n) is 1.61. The molecule has 0 aliphatic heterocycles. The highest BCUT2D eigenvalue weighted by Crippen LogP contribution is 2.25. The van der Waals surface area contributed by atoms with Crippen molar-refractivity contribution in [2.24, 2.45) is 0 Å². The SMILES string of the molecule is CC(C)(C)OC(=O)N[C@@H](Cc1cc(Cl)c(F)c(Cl)c1)C(=O)O. The number of carbonyl (C=O) groups excluding carboxylic acids is 1. The van der Waals surface area contributed by atoms with E-state index in [4.69, 9.17) is 33.0 Å². The lowest BCUT2D eigenvalue weighted by Gasteiger charge is -2.22. The van der Waals surface area contributed by atoms with E-state index in [1.54, 1.807) is 20.8 Å². The van der Waals surface area contributed by atoms with Gasteiger partial charge in [-0.25, -0.2) is 14.0 Å². The van der Waals surface area contributed by atoms with Crippen LogP contribution in [-0.4, -0.2) is 28.8 Å². The molecule has 0 aromatic heterocycles. The minimum absolute atomic E-state index is 0.117. The summed E-state index contributed by atoms with van der Waals surface area (Å²) in [5.41, 5.74) is -0.379. The van der Waals surface area contributed by atoms with Crippen molar-refractivity contribution in [3.63, 3.8) is 0 Å². The summed E-state index contributed by atoms with van der Waals surface area (Å²) in [6.45, 7) is 4.96. The number of carboxylic acids is 1. The summed E-state index contributed by atoms with van der Waals surface area (Å²) in [6, 6.07) is 1.26. The standard InChI is InChI=1S/C14H16Cl2FNO4/c1-14(2,3)22-13(21)18-10(12(19)20)6-7-4-8(15)11(17)9(16)5-7/h4-5,10H,6H2,1-3H3,(H,18,21)(H,19,20)/t10-/m0/s1. The van der Waals surface area contributed by atoms with Gasteiger partial charge in [0.05, 0.1) is 10.0 Å². The number of nitrogens with one attached hydrogen (secondary N) is 1. The zero-order valence-electron chi connectivity index (χ0n) is 12.2. The van der Waals surface area contributed by atoms with Crippen LogP contribution in [0.3, 0.4) is 0 Å². The van der Waals surface area contributed by atoms with E-state index < -0.39 is 29.5 Å². The summed E-state index contributed by atoms with van der Waals surface area (Å²) in [4.78, 5) is 22.9. The van der Waals surface area contributed by atoms with E-state index in [1.165, 1.54) is 12.1 Å². The largest absolute Gasteiger partial charge is 0.480 e. The van der Waals surface area contributed by atoms with E-state index in [0.29, 0.717) is 5.56 Å². The summed E-state index contributed by atoms with van der Waals surface area (Å²) >= 11 is 11.3. The summed E-state index contributed by atoms with van der Waals surface area (Å²) in [5, 5.41) is 11.0. The Kier molecular flexibility index (Phi) is 6.02. The molecular formula is C14H16Cl2FNO4. The second-order valence-corrected chi connectivity index (χ2v) is 6.43. The Bertz CT molecular complexity index is 564. The Balaban J connectivity index is 2.85. The van der Waals surface area contributed by atoms with Gasteiger partial charge in [0, 0.05) is 6.42 Å². The highest BCUT2D eigenvalue weighted by atomic mass is 35.5. The Labute approximate surface area is 137 Å². The van der Waals surface area contributed by atoms with Crippen molar-refractivity contribution in [1.29, 1.82) is 0 Å². The summed E-state index contributed by atoms with van der Waals surface area (Å²) < 4.78 is 18.3. The van der Waals surface area contributed by atoms with Crippen LogP contribution in [-0.2, 0) is 16.0 Å². The first kappa shape index (κ1) is 18.5. The molecule has 0 aliphatic carbocycles. The van der Waals surface area contributed by atoms with Gasteiger partial charge in [0.15, 0.2) is 5.82 Å². The van der Waals surface area contributed by atoms with Crippen molar-refractivity contribution in [1.82, 2.24) is 5.32 Å². The minimum Gasteiger partial charge on any atom is -0.480 e. The van der Waals surface area contributed by atoms with Crippen molar-refractivity contribution in [2.75, 3.05) is 0 Å². The predicted octanol–water partition coefficient (Wildman–Crippen LogP) is 3.65. The monoisotopic (exact) mass is 351 g/mol. The average molecular weight is 352 g/mol. The lowest BCUT2D eigenvalue weighted by molar-refractivity contribution is -0.139. The fraction of sp³-hybridized carbons (Fsp3) is 0.429. The smallest absolute Gasteiger partial charge is 0.408 e. The van der Waals surface area contributed by atoms with Crippen LogP contribution in [0, 0.1) is 5.82 Å². The molecule has 1 atom stereocenters. The molecule has 122 valence electrons. The number of carboxylic acid groups (broad SMARTS) is 1. The van der Waals surface area contributed by atoms with Gasteiger partial charge in [-0.1, -0.05) is 23.2 Å². The van der Waals surface area contributed by atoms with E-state index in [0.717, 1.165) is 0 Å². The molecule has 1 aromatic carbocycles. The van der Waals surface area contributed by atoms with Crippen LogP contribution in [0.5, 0.6) is 0 Å². The molecule has 0 radical (unpaired) electrons. The van der Waals surface area contributed by atoms with Crippen LogP contribution in [0.4, 0.5) is 9.18 Å². The number of aliphatic carboxylic acids is 1. The van der Waals surface area contributed by atoms with Gasteiger partial charge in [0.2, 0.25) is 0 Å². The second kappa shape index (κ2) is 7.15. The number of benzene rings is 1. The third-order valence-electron chi connectivity index (χ3n) is 2.47. The van der Waals surface area contributed by atoms with Gasteiger partial charge in [-0.3, -0.25) is 0 Å². The summed E-state index contributed by atoms with van der Waals surface area (Å²) in [5.74, 6) is -2.04. The average Bonchev–Trinajstić information content (AvgIpc) is 2.32. The molecule has 1 rings (SSSR count). The highest BCUT2D eigenvalue weighted by molar-refractivity contribution is 6.35. The van der Waals surface area contributed by atoms with E-state index in [1.807, 2.05) is 0 Å². The van der Waals surface area contributed by atoms with Gasteiger partial charge >= 0.3 is 12.1 Å². The van der Waals surface area contributed by atoms with Gasteiger partial charge in [-0.05, 0) is 38.5 Å². The Hall–Kier alpha value is -1.53. The molecule has 0 fully saturated rings. The minimum atomic E-state index is -1.26.